The van der Waals surface area contributed by atoms with Crippen molar-refractivity contribution in [3.8, 4) is 0 Å². The first kappa shape index (κ1) is 7.22. The number of hydrogen-bond donors (Lipinski definition) is 0. The molecule has 0 aromatic heterocycles. The minimum atomic E-state index is 0.806. The van der Waals surface area contributed by atoms with E-state index in [1.54, 1.807) is 12.2 Å². The molecule has 8 heavy (non-hydrogen) atoms. The Morgan fingerprint density at radius 2 is 2.25 bits per heavy atom. The van der Waals surface area contributed by atoms with E-state index in [4.69, 9.17) is 6.58 Å². The van der Waals surface area contributed by atoms with Gasteiger partial charge >= 0.3 is 0 Å². The van der Waals surface area contributed by atoms with Crippen LogP contribution in [-0.4, -0.2) is 0 Å². The van der Waals surface area contributed by atoms with E-state index in [1.807, 2.05) is 0 Å². The molecule has 0 aromatic carbocycles. The van der Waals surface area contributed by atoms with Crippen LogP contribution in [-0.2, 0) is 0 Å². The molecule has 0 N–H and O–H groups in total. The van der Waals surface area contributed by atoms with Crippen LogP contribution in [0.5, 0.6) is 0 Å². The molecule has 0 heteroatoms. The van der Waals surface area contributed by atoms with E-state index in [-0.39, 0.29) is 0 Å². The lowest BCUT2D eigenvalue weighted by Gasteiger charge is -1.89. The first-order chi connectivity index (χ1) is 3.85. The van der Waals surface area contributed by atoms with Gasteiger partial charge < -0.3 is 0 Å². The molecule has 42 valence electrons. The molecule has 0 rings (SSSR count). The van der Waals surface area contributed by atoms with Crippen molar-refractivity contribution in [2.45, 2.75) is 6.42 Å². The second kappa shape index (κ2) is 4.38. The molecule has 0 aromatic rings. The van der Waals surface area contributed by atoms with Crippen molar-refractivity contribution in [2.24, 2.45) is 0 Å². The first-order valence-electron chi connectivity index (χ1n) is 2.49. The Kier molecular flexibility index (Phi) is 3.95. The van der Waals surface area contributed by atoms with Crippen molar-refractivity contribution >= 4 is 0 Å². The minimum Gasteiger partial charge on any atom is -0.103 e. The lowest BCUT2D eigenvalue weighted by Crippen LogP contribution is -1.70. The fourth-order valence-corrected chi connectivity index (χ4v) is 0.386. The van der Waals surface area contributed by atoms with Crippen LogP contribution in [0.15, 0.2) is 30.4 Å². The summed E-state index contributed by atoms with van der Waals surface area (Å²) in [6.45, 7) is 12.3. The highest BCUT2D eigenvalue weighted by atomic mass is 13.9. The molecule has 0 aliphatic rings. The van der Waals surface area contributed by atoms with Crippen LogP contribution in [0.1, 0.15) is 6.42 Å². The summed E-state index contributed by atoms with van der Waals surface area (Å²) >= 11 is 0. The lowest BCUT2D eigenvalue weighted by molar-refractivity contribution is 1.30. The van der Waals surface area contributed by atoms with E-state index in [9.17, 15) is 0 Å². The Morgan fingerprint density at radius 1 is 1.62 bits per heavy atom. The summed E-state index contributed by atoms with van der Waals surface area (Å²) in [7, 11) is 0. The summed E-state index contributed by atoms with van der Waals surface area (Å²) < 4.78 is 0. The highest BCUT2D eigenvalue weighted by molar-refractivity contribution is 5.18. The molecule has 0 bridgehead atoms. The van der Waals surface area contributed by atoms with Gasteiger partial charge in [0, 0.05) is 0 Å². The van der Waals surface area contributed by atoms with E-state index in [1.165, 1.54) is 6.08 Å². The molecule has 0 atom stereocenters. The first-order valence-corrected chi connectivity index (χ1v) is 2.49. The van der Waals surface area contributed by atoms with E-state index in [0.717, 1.165) is 12.0 Å². The summed E-state index contributed by atoms with van der Waals surface area (Å²) in [5.74, 6) is 0. The zero-order valence-electron chi connectivity index (χ0n) is 4.93. The lowest BCUT2D eigenvalue weighted by atomic mass is 10.2. The van der Waals surface area contributed by atoms with Crippen molar-refractivity contribution in [1.29, 1.82) is 0 Å². The molecule has 0 aliphatic carbocycles. The van der Waals surface area contributed by atoms with Gasteiger partial charge in [0.2, 0.25) is 0 Å². The SMILES string of the molecule is [CH]=CC(=C[CH2])CC=C. The highest BCUT2D eigenvalue weighted by Gasteiger charge is 1.80. The Morgan fingerprint density at radius 3 is 2.38 bits per heavy atom. The maximum absolute atomic E-state index is 5.19. The Labute approximate surface area is 51.2 Å². The molecule has 0 heterocycles. The van der Waals surface area contributed by atoms with Gasteiger partial charge in [0.05, 0.1) is 0 Å². The zero-order valence-corrected chi connectivity index (χ0v) is 4.93. The van der Waals surface area contributed by atoms with Gasteiger partial charge in [-0.05, 0) is 18.9 Å². The second-order valence-electron chi connectivity index (χ2n) is 1.44. The monoisotopic (exact) mass is 106 g/mol. The number of allylic oxidation sites excluding steroid dienone is 4. The van der Waals surface area contributed by atoms with Gasteiger partial charge in [0.1, 0.15) is 0 Å². The van der Waals surface area contributed by atoms with Crippen molar-refractivity contribution in [3.63, 3.8) is 0 Å². The van der Waals surface area contributed by atoms with Gasteiger partial charge in [0.25, 0.3) is 0 Å². The van der Waals surface area contributed by atoms with Crippen LogP contribution < -0.4 is 0 Å². The third-order valence-corrected chi connectivity index (χ3v) is 0.856. The smallest absolute Gasteiger partial charge is 0.0103 e. The van der Waals surface area contributed by atoms with Gasteiger partial charge in [-0.15, -0.1) is 6.58 Å². The summed E-state index contributed by atoms with van der Waals surface area (Å²) in [6.07, 6.45) is 5.86. The van der Waals surface area contributed by atoms with E-state index in [0.29, 0.717) is 0 Å². The van der Waals surface area contributed by atoms with Gasteiger partial charge in [0.15, 0.2) is 0 Å². The predicted octanol–water partition coefficient (Wildman–Crippen LogP) is 2.31. The largest absolute Gasteiger partial charge is 0.103 e. The van der Waals surface area contributed by atoms with E-state index in [2.05, 4.69) is 13.5 Å². The number of rotatable bonds is 3. The molecule has 0 saturated carbocycles. The van der Waals surface area contributed by atoms with Crippen LogP contribution in [0.4, 0.5) is 0 Å². The van der Waals surface area contributed by atoms with Crippen LogP contribution in [0.25, 0.3) is 0 Å². The van der Waals surface area contributed by atoms with Crippen LogP contribution >= 0.6 is 0 Å². The molecule has 0 spiro atoms. The van der Waals surface area contributed by atoms with Crippen molar-refractivity contribution < 1.29 is 0 Å². The zero-order chi connectivity index (χ0) is 6.41. The minimum absolute atomic E-state index is 0.806. The molecule has 0 unspecified atom stereocenters. The molecule has 0 saturated heterocycles. The maximum atomic E-state index is 5.19. The normalized spacial score (nSPS) is 10.9. The van der Waals surface area contributed by atoms with Crippen LogP contribution in [0.2, 0.25) is 0 Å². The fraction of sp³-hybridized carbons (Fsp3) is 0.125. The van der Waals surface area contributed by atoms with Crippen LogP contribution in [0, 0.1) is 13.5 Å². The number of hydrogen-bond acceptors (Lipinski definition) is 0. The summed E-state index contributed by atoms with van der Waals surface area (Å²) in [6, 6.07) is 0. The van der Waals surface area contributed by atoms with Crippen LogP contribution in [0.3, 0.4) is 0 Å². The Balaban J connectivity index is 3.71. The second-order valence-corrected chi connectivity index (χ2v) is 1.44. The highest BCUT2D eigenvalue weighted by Crippen LogP contribution is 2.00. The van der Waals surface area contributed by atoms with Gasteiger partial charge in [-0.2, -0.15) is 0 Å². The molecule has 0 amide bonds. The third-order valence-electron chi connectivity index (χ3n) is 0.856. The van der Waals surface area contributed by atoms with Gasteiger partial charge in [-0.25, -0.2) is 0 Å². The Bertz CT molecular complexity index is 107. The van der Waals surface area contributed by atoms with E-state index >= 15 is 0 Å². The molecule has 0 nitrogen and oxygen atoms in total. The molecule has 0 fully saturated rings. The van der Waals surface area contributed by atoms with E-state index < -0.39 is 0 Å². The Hall–Kier alpha value is -0.780. The summed E-state index contributed by atoms with van der Waals surface area (Å²) in [5.41, 5.74) is 1.01. The van der Waals surface area contributed by atoms with Gasteiger partial charge in [-0.3, -0.25) is 0 Å². The molecule has 2 radical (unpaired) electrons. The standard InChI is InChI=1S/C8H10/c1-4-7-8(5-2)6-3/h2,4-6H,1,3,7H2. The predicted molar refractivity (Wildman–Crippen MR) is 37.1 cm³/mol. The molecular weight excluding hydrogens is 96.1 g/mol. The topological polar surface area (TPSA) is 0 Å². The summed E-state index contributed by atoms with van der Waals surface area (Å²) in [4.78, 5) is 0. The van der Waals surface area contributed by atoms with Crippen molar-refractivity contribution in [3.05, 3.63) is 43.9 Å². The van der Waals surface area contributed by atoms with Crippen molar-refractivity contribution in [1.82, 2.24) is 0 Å². The molecular formula is C8H10. The molecule has 0 aliphatic heterocycles. The third kappa shape index (κ3) is 2.40. The summed E-state index contributed by atoms with van der Waals surface area (Å²) in [5, 5.41) is 0. The maximum Gasteiger partial charge on any atom is -0.0103 e. The quantitative estimate of drug-likeness (QED) is 0.382. The average molecular weight is 106 g/mol. The fourth-order valence-electron chi connectivity index (χ4n) is 0.386. The average Bonchev–Trinajstić information content (AvgIpc) is 1.83. The van der Waals surface area contributed by atoms with Crippen molar-refractivity contribution in [2.75, 3.05) is 0 Å². The van der Waals surface area contributed by atoms with Gasteiger partial charge in [-0.1, -0.05) is 24.8 Å².